The number of aromatic nitrogens is 3. The molecule has 3 aromatic rings. The van der Waals surface area contributed by atoms with Crippen LogP contribution in [0.25, 0.3) is 5.82 Å². The van der Waals surface area contributed by atoms with Crippen molar-refractivity contribution < 1.29 is 8.42 Å². The van der Waals surface area contributed by atoms with Crippen LogP contribution in [0, 0.1) is 20.8 Å². The fourth-order valence-electron chi connectivity index (χ4n) is 4.09. The Labute approximate surface area is 178 Å². The van der Waals surface area contributed by atoms with Crippen LogP contribution >= 0.6 is 0 Å². The molecule has 30 heavy (non-hydrogen) atoms. The first-order valence-electron chi connectivity index (χ1n) is 10.1. The Balaban J connectivity index is 1.48. The molecule has 0 bridgehead atoms. The maximum atomic E-state index is 12.9. The molecule has 0 atom stereocenters. The number of anilines is 1. The third-order valence-electron chi connectivity index (χ3n) is 5.50. The van der Waals surface area contributed by atoms with Crippen LogP contribution in [0.4, 0.5) is 5.69 Å². The Morgan fingerprint density at radius 1 is 0.967 bits per heavy atom. The van der Waals surface area contributed by atoms with Gasteiger partial charge in [0.2, 0.25) is 10.0 Å². The molecule has 0 amide bonds. The Morgan fingerprint density at radius 2 is 1.73 bits per heavy atom. The van der Waals surface area contributed by atoms with E-state index in [4.69, 9.17) is 0 Å². The molecule has 0 unspecified atom stereocenters. The summed E-state index contributed by atoms with van der Waals surface area (Å²) in [6.07, 6.45) is 1.75. The van der Waals surface area contributed by atoms with E-state index in [-0.39, 0.29) is 5.75 Å². The average molecular weight is 426 g/mol. The summed E-state index contributed by atoms with van der Waals surface area (Å²) >= 11 is 0. The van der Waals surface area contributed by atoms with Crippen molar-refractivity contribution in [2.75, 3.05) is 31.1 Å². The lowest BCUT2D eigenvalue weighted by Crippen LogP contribution is -2.49. The highest BCUT2D eigenvalue weighted by Crippen LogP contribution is 2.28. The standard InChI is InChI=1S/C22H27N5O2S/c1-17-7-6-8-20(15-17)16-30(28,29)26-13-11-25(12-14-26)22-18(2)24-27(19(22)3)21-9-4-5-10-23-21/h4-10,15H,11-14,16H2,1-3H3. The van der Waals surface area contributed by atoms with E-state index in [1.165, 1.54) is 0 Å². The molecule has 7 nitrogen and oxygen atoms in total. The van der Waals surface area contributed by atoms with Gasteiger partial charge in [-0.05, 0) is 38.5 Å². The smallest absolute Gasteiger partial charge is 0.218 e. The average Bonchev–Trinajstić information content (AvgIpc) is 3.02. The highest BCUT2D eigenvalue weighted by Gasteiger charge is 2.29. The zero-order chi connectivity index (χ0) is 21.3. The minimum atomic E-state index is -3.34. The van der Waals surface area contributed by atoms with Crippen molar-refractivity contribution in [2.45, 2.75) is 26.5 Å². The Kier molecular flexibility index (Phi) is 5.62. The van der Waals surface area contributed by atoms with E-state index in [9.17, 15) is 8.42 Å². The van der Waals surface area contributed by atoms with Crippen molar-refractivity contribution in [3.05, 3.63) is 71.2 Å². The fourth-order valence-corrected chi connectivity index (χ4v) is 5.59. The Morgan fingerprint density at radius 3 is 2.40 bits per heavy atom. The predicted molar refractivity (Wildman–Crippen MR) is 118 cm³/mol. The van der Waals surface area contributed by atoms with Gasteiger partial charge in [0.15, 0.2) is 5.82 Å². The molecule has 3 heterocycles. The first-order chi connectivity index (χ1) is 14.3. The summed E-state index contributed by atoms with van der Waals surface area (Å²) in [5.41, 5.74) is 4.91. The van der Waals surface area contributed by atoms with Gasteiger partial charge in [-0.2, -0.15) is 9.40 Å². The van der Waals surface area contributed by atoms with Gasteiger partial charge in [0, 0.05) is 32.4 Å². The zero-order valence-electron chi connectivity index (χ0n) is 17.6. The minimum absolute atomic E-state index is 0.0460. The summed E-state index contributed by atoms with van der Waals surface area (Å²) in [5.74, 6) is 0.827. The second-order valence-corrected chi connectivity index (χ2v) is 9.72. The highest BCUT2D eigenvalue weighted by molar-refractivity contribution is 7.88. The SMILES string of the molecule is Cc1cccc(CS(=O)(=O)N2CCN(c3c(C)nn(-c4ccccn4)c3C)CC2)c1. The van der Waals surface area contributed by atoms with Crippen molar-refractivity contribution >= 4 is 15.7 Å². The number of piperazine rings is 1. The summed E-state index contributed by atoms with van der Waals surface area (Å²) < 4.78 is 29.3. The molecule has 158 valence electrons. The Hall–Kier alpha value is -2.71. The fraction of sp³-hybridized carbons (Fsp3) is 0.364. The number of rotatable bonds is 5. The third kappa shape index (κ3) is 4.11. The molecule has 0 N–H and O–H groups in total. The molecular formula is C22H27N5O2S. The van der Waals surface area contributed by atoms with Crippen LogP contribution in [0.2, 0.25) is 0 Å². The lowest BCUT2D eigenvalue weighted by Gasteiger charge is -2.35. The van der Waals surface area contributed by atoms with Gasteiger partial charge in [-0.15, -0.1) is 0 Å². The monoisotopic (exact) mass is 425 g/mol. The van der Waals surface area contributed by atoms with Gasteiger partial charge < -0.3 is 4.90 Å². The molecule has 0 radical (unpaired) electrons. The van der Waals surface area contributed by atoms with Gasteiger partial charge in [0.05, 0.1) is 22.8 Å². The lowest BCUT2D eigenvalue weighted by atomic mass is 10.2. The van der Waals surface area contributed by atoms with E-state index in [1.807, 2.05) is 67.9 Å². The largest absolute Gasteiger partial charge is 0.366 e. The molecular weight excluding hydrogens is 398 g/mol. The number of benzene rings is 1. The van der Waals surface area contributed by atoms with Gasteiger partial charge in [-0.1, -0.05) is 35.9 Å². The summed E-state index contributed by atoms with van der Waals surface area (Å²) in [4.78, 5) is 6.63. The normalized spacial score (nSPS) is 15.5. The van der Waals surface area contributed by atoms with Crippen LogP contribution in [0.15, 0.2) is 48.7 Å². The van der Waals surface area contributed by atoms with Crippen LogP contribution in [0.3, 0.4) is 0 Å². The predicted octanol–water partition coefficient (Wildman–Crippen LogP) is 2.84. The number of pyridine rings is 1. The van der Waals surface area contributed by atoms with Gasteiger partial charge >= 0.3 is 0 Å². The van der Waals surface area contributed by atoms with E-state index < -0.39 is 10.0 Å². The molecule has 1 saturated heterocycles. The molecule has 1 fully saturated rings. The van der Waals surface area contributed by atoms with Crippen molar-refractivity contribution in [3.8, 4) is 5.82 Å². The molecule has 8 heteroatoms. The van der Waals surface area contributed by atoms with E-state index in [2.05, 4.69) is 15.0 Å². The minimum Gasteiger partial charge on any atom is -0.366 e. The van der Waals surface area contributed by atoms with Crippen molar-refractivity contribution in [3.63, 3.8) is 0 Å². The second kappa shape index (κ2) is 8.20. The molecule has 1 aliphatic heterocycles. The maximum absolute atomic E-state index is 12.9. The summed E-state index contributed by atoms with van der Waals surface area (Å²) in [6.45, 7) is 8.23. The number of sulfonamides is 1. The van der Waals surface area contributed by atoms with E-state index in [0.717, 1.165) is 34.0 Å². The lowest BCUT2D eigenvalue weighted by molar-refractivity contribution is 0.384. The second-order valence-electron chi connectivity index (χ2n) is 7.75. The van der Waals surface area contributed by atoms with Gasteiger partial charge in [-0.25, -0.2) is 18.1 Å². The molecule has 1 aliphatic rings. The molecule has 0 saturated carbocycles. The molecule has 2 aromatic heterocycles. The summed E-state index contributed by atoms with van der Waals surface area (Å²) in [5, 5.41) is 4.67. The van der Waals surface area contributed by atoms with Gasteiger partial charge in [0.1, 0.15) is 0 Å². The number of aryl methyl sites for hydroxylation is 2. The van der Waals surface area contributed by atoms with Crippen LogP contribution in [0.5, 0.6) is 0 Å². The molecule has 0 aliphatic carbocycles. The number of nitrogens with zero attached hydrogens (tertiary/aromatic N) is 5. The first kappa shape index (κ1) is 20.6. The quantitative estimate of drug-likeness (QED) is 0.629. The third-order valence-corrected chi connectivity index (χ3v) is 7.35. The van der Waals surface area contributed by atoms with E-state index in [1.54, 1.807) is 10.5 Å². The highest BCUT2D eigenvalue weighted by atomic mass is 32.2. The molecule has 4 rings (SSSR count). The summed E-state index contributed by atoms with van der Waals surface area (Å²) in [6, 6.07) is 13.4. The topological polar surface area (TPSA) is 71.3 Å². The first-order valence-corrected chi connectivity index (χ1v) is 11.7. The van der Waals surface area contributed by atoms with Gasteiger partial charge in [-0.3, -0.25) is 0 Å². The van der Waals surface area contributed by atoms with Crippen LogP contribution in [0.1, 0.15) is 22.5 Å². The zero-order valence-corrected chi connectivity index (χ0v) is 18.4. The molecule has 1 aromatic carbocycles. The van der Waals surface area contributed by atoms with Crippen LogP contribution in [-0.4, -0.2) is 53.7 Å². The van der Waals surface area contributed by atoms with Crippen LogP contribution in [-0.2, 0) is 15.8 Å². The number of hydrogen-bond acceptors (Lipinski definition) is 5. The van der Waals surface area contributed by atoms with Crippen molar-refractivity contribution in [1.82, 2.24) is 19.1 Å². The number of hydrogen-bond donors (Lipinski definition) is 0. The Bertz CT molecular complexity index is 1130. The van der Waals surface area contributed by atoms with Gasteiger partial charge in [0.25, 0.3) is 0 Å². The maximum Gasteiger partial charge on any atom is 0.218 e. The molecule has 0 spiro atoms. The van der Waals surface area contributed by atoms with E-state index >= 15 is 0 Å². The van der Waals surface area contributed by atoms with Crippen molar-refractivity contribution in [1.29, 1.82) is 0 Å². The van der Waals surface area contributed by atoms with E-state index in [0.29, 0.717) is 26.2 Å². The van der Waals surface area contributed by atoms with Crippen LogP contribution < -0.4 is 4.90 Å². The summed E-state index contributed by atoms with van der Waals surface area (Å²) in [7, 11) is -3.34. The van der Waals surface area contributed by atoms with Crippen molar-refractivity contribution in [2.24, 2.45) is 0 Å².